The lowest BCUT2D eigenvalue weighted by Crippen LogP contribution is -2.00. The number of Topliss-reactive ketones (excluding diaryl/α,β-unsaturated/α-hetero) is 1. The maximum absolute atomic E-state index is 12.8. The van der Waals surface area contributed by atoms with Crippen molar-refractivity contribution >= 4 is 23.6 Å². The number of ether oxygens (including phenoxy) is 2. The summed E-state index contributed by atoms with van der Waals surface area (Å²) in [6.07, 6.45) is 5.48. The van der Waals surface area contributed by atoms with E-state index in [1.807, 2.05) is 55.5 Å². The Morgan fingerprint density at radius 3 is 2.48 bits per heavy atom. The quantitative estimate of drug-likeness (QED) is 0.298. The number of hydrogen-bond acceptors (Lipinski definition) is 5. The molecule has 0 saturated carbocycles. The molecule has 1 heterocycles. The fourth-order valence-corrected chi connectivity index (χ4v) is 3.30. The Balaban J connectivity index is 1.48. The van der Waals surface area contributed by atoms with E-state index in [0.717, 1.165) is 11.1 Å². The maximum Gasteiger partial charge on any atom is 0.269 e. The molecule has 0 N–H and O–H groups in total. The minimum Gasteiger partial charge on any atom is -0.489 e. The third kappa shape index (κ3) is 4.53. The Morgan fingerprint density at radius 2 is 1.77 bits per heavy atom. The molecule has 0 bridgehead atoms. The van der Waals surface area contributed by atoms with Gasteiger partial charge in [-0.05, 0) is 54.0 Å². The summed E-state index contributed by atoms with van der Waals surface area (Å²) in [5.74, 6) is 1.01. The number of benzene rings is 3. The number of nitro groups is 1. The van der Waals surface area contributed by atoms with Crippen molar-refractivity contribution in [3.8, 4) is 11.5 Å². The van der Waals surface area contributed by atoms with Crippen LogP contribution in [0.15, 0.2) is 78.6 Å². The van der Waals surface area contributed by atoms with E-state index in [1.165, 1.54) is 12.1 Å². The van der Waals surface area contributed by atoms with Crippen molar-refractivity contribution in [1.82, 2.24) is 0 Å². The highest BCUT2D eigenvalue weighted by atomic mass is 16.6. The van der Waals surface area contributed by atoms with Crippen LogP contribution in [0.25, 0.3) is 12.2 Å². The summed E-state index contributed by atoms with van der Waals surface area (Å²) in [7, 11) is 0. The van der Waals surface area contributed by atoms with Gasteiger partial charge in [0.25, 0.3) is 5.69 Å². The number of hydrogen-bond donors (Lipinski definition) is 0. The minimum atomic E-state index is -0.468. The first-order valence-corrected chi connectivity index (χ1v) is 9.69. The molecule has 154 valence electrons. The minimum absolute atomic E-state index is 0.0111. The maximum atomic E-state index is 12.8. The van der Waals surface area contributed by atoms with Crippen LogP contribution in [-0.2, 0) is 0 Å². The molecule has 0 aliphatic carbocycles. The largest absolute Gasteiger partial charge is 0.489 e. The lowest BCUT2D eigenvalue weighted by atomic mass is 10.0. The molecule has 0 atom stereocenters. The molecule has 0 fully saturated rings. The SMILES string of the molecule is Cc1cc(OC/C=C/c2ccccc2)cc2c1C(=O)/C(=C/c1ccc([N+](=O)[O-])cc1)O2. The lowest BCUT2D eigenvalue weighted by molar-refractivity contribution is -0.384. The highest BCUT2D eigenvalue weighted by molar-refractivity contribution is 6.15. The van der Waals surface area contributed by atoms with Crippen LogP contribution in [0.4, 0.5) is 5.69 Å². The van der Waals surface area contributed by atoms with Gasteiger partial charge >= 0.3 is 0 Å². The number of fused-ring (bicyclic) bond motifs is 1. The Bertz CT molecular complexity index is 1190. The molecule has 3 aromatic carbocycles. The van der Waals surface area contributed by atoms with Gasteiger partial charge in [-0.3, -0.25) is 14.9 Å². The van der Waals surface area contributed by atoms with Gasteiger partial charge in [0.2, 0.25) is 5.78 Å². The monoisotopic (exact) mass is 413 g/mol. The summed E-state index contributed by atoms with van der Waals surface area (Å²) in [4.78, 5) is 23.1. The van der Waals surface area contributed by atoms with E-state index in [-0.39, 0.29) is 17.2 Å². The van der Waals surface area contributed by atoms with Crippen molar-refractivity contribution in [2.75, 3.05) is 6.61 Å². The third-order valence-corrected chi connectivity index (χ3v) is 4.80. The molecule has 1 aliphatic heterocycles. The summed E-state index contributed by atoms with van der Waals surface area (Å²) in [5, 5.41) is 10.8. The van der Waals surface area contributed by atoms with Crippen LogP contribution in [-0.4, -0.2) is 17.3 Å². The molecule has 3 aromatic rings. The first-order valence-electron chi connectivity index (χ1n) is 9.69. The van der Waals surface area contributed by atoms with Crippen LogP contribution >= 0.6 is 0 Å². The zero-order valence-corrected chi connectivity index (χ0v) is 16.8. The average molecular weight is 413 g/mol. The fourth-order valence-electron chi connectivity index (χ4n) is 3.30. The Kier molecular flexibility index (Phi) is 5.62. The predicted octanol–water partition coefficient (Wildman–Crippen LogP) is 5.61. The highest BCUT2D eigenvalue weighted by Crippen LogP contribution is 2.37. The summed E-state index contributed by atoms with van der Waals surface area (Å²) < 4.78 is 11.6. The van der Waals surface area contributed by atoms with Gasteiger partial charge in [0.1, 0.15) is 18.1 Å². The van der Waals surface area contributed by atoms with E-state index < -0.39 is 4.92 Å². The molecule has 0 radical (unpaired) electrons. The number of carbonyl (C=O) groups is 1. The van der Waals surface area contributed by atoms with E-state index >= 15 is 0 Å². The van der Waals surface area contributed by atoms with Gasteiger partial charge in [-0.2, -0.15) is 0 Å². The normalized spacial score (nSPS) is 14.0. The van der Waals surface area contributed by atoms with Gasteiger partial charge < -0.3 is 9.47 Å². The zero-order chi connectivity index (χ0) is 21.8. The lowest BCUT2D eigenvalue weighted by Gasteiger charge is -2.07. The van der Waals surface area contributed by atoms with E-state index in [0.29, 0.717) is 29.2 Å². The smallest absolute Gasteiger partial charge is 0.269 e. The highest BCUT2D eigenvalue weighted by Gasteiger charge is 2.30. The van der Waals surface area contributed by atoms with Crippen molar-refractivity contribution in [3.63, 3.8) is 0 Å². The van der Waals surface area contributed by atoms with Crippen molar-refractivity contribution in [3.05, 3.63) is 111 Å². The summed E-state index contributed by atoms with van der Waals surface area (Å²) in [6.45, 7) is 2.22. The summed E-state index contributed by atoms with van der Waals surface area (Å²) >= 11 is 0. The van der Waals surface area contributed by atoms with Crippen molar-refractivity contribution < 1.29 is 19.2 Å². The second-order valence-electron chi connectivity index (χ2n) is 7.03. The molecule has 31 heavy (non-hydrogen) atoms. The first-order chi connectivity index (χ1) is 15.0. The molecule has 0 aromatic heterocycles. The van der Waals surface area contributed by atoms with Crippen LogP contribution < -0.4 is 9.47 Å². The van der Waals surface area contributed by atoms with Gasteiger partial charge in [-0.1, -0.05) is 36.4 Å². The molecule has 4 rings (SSSR count). The number of ketones is 1. The van der Waals surface area contributed by atoms with Gasteiger partial charge in [0, 0.05) is 18.2 Å². The molecule has 0 unspecified atom stereocenters. The average Bonchev–Trinajstić information content (AvgIpc) is 3.08. The second-order valence-corrected chi connectivity index (χ2v) is 7.03. The molecule has 6 heteroatoms. The standard InChI is InChI=1S/C25H19NO5/c1-17-14-21(30-13-5-8-18-6-3-2-4-7-18)16-22-24(17)25(27)23(31-22)15-19-9-11-20(12-10-19)26(28)29/h2-12,14-16H,13H2,1H3/b8-5+,23-15-. The molecular formula is C25H19NO5. The number of carbonyl (C=O) groups excluding carboxylic acids is 1. The Morgan fingerprint density at radius 1 is 1.03 bits per heavy atom. The van der Waals surface area contributed by atoms with Crippen LogP contribution in [0, 0.1) is 17.0 Å². The van der Waals surface area contributed by atoms with Crippen LogP contribution in [0.3, 0.4) is 0 Å². The molecule has 6 nitrogen and oxygen atoms in total. The van der Waals surface area contributed by atoms with Crippen LogP contribution in [0.1, 0.15) is 27.0 Å². The molecular weight excluding hydrogens is 394 g/mol. The predicted molar refractivity (Wildman–Crippen MR) is 118 cm³/mol. The fraction of sp³-hybridized carbons (Fsp3) is 0.0800. The number of nitro benzene ring substituents is 1. The van der Waals surface area contributed by atoms with Gasteiger partial charge in [-0.25, -0.2) is 0 Å². The topological polar surface area (TPSA) is 78.7 Å². The first kappa shape index (κ1) is 20.1. The number of allylic oxidation sites excluding steroid dienone is 1. The molecule has 0 saturated heterocycles. The number of rotatable bonds is 6. The van der Waals surface area contributed by atoms with Gasteiger partial charge in [0.15, 0.2) is 5.76 Å². The molecule has 0 spiro atoms. The Labute approximate surface area is 179 Å². The van der Waals surface area contributed by atoms with Crippen molar-refractivity contribution in [1.29, 1.82) is 0 Å². The molecule has 0 amide bonds. The van der Waals surface area contributed by atoms with E-state index in [2.05, 4.69) is 0 Å². The van der Waals surface area contributed by atoms with Gasteiger partial charge in [-0.15, -0.1) is 0 Å². The number of aryl methyl sites for hydroxylation is 1. The zero-order valence-electron chi connectivity index (χ0n) is 16.8. The number of non-ortho nitro benzene ring substituents is 1. The van der Waals surface area contributed by atoms with E-state index in [1.54, 1.807) is 24.3 Å². The molecule has 1 aliphatic rings. The van der Waals surface area contributed by atoms with E-state index in [4.69, 9.17) is 9.47 Å². The van der Waals surface area contributed by atoms with Crippen molar-refractivity contribution in [2.24, 2.45) is 0 Å². The van der Waals surface area contributed by atoms with Crippen LogP contribution in [0.5, 0.6) is 11.5 Å². The number of nitrogens with zero attached hydrogens (tertiary/aromatic N) is 1. The second kappa shape index (κ2) is 8.67. The van der Waals surface area contributed by atoms with Crippen molar-refractivity contribution in [2.45, 2.75) is 6.92 Å². The summed E-state index contributed by atoms with van der Waals surface area (Å²) in [6, 6.07) is 19.4. The van der Waals surface area contributed by atoms with E-state index in [9.17, 15) is 14.9 Å². The van der Waals surface area contributed by atoms with Crippen LogP contribution in [0.2, 0.25) is 0 Å². The van der Waals surface area contributed by atoms with Gasteiger partial charge in [0.05, 0.1) is 10.5 Å². The third-order valence-electron chi connectivity index (χ3n) is 4.80. The Hall–Kier alpha value is -4.19. The summed E-state index contributed by atoms with van der Waals surface area (Å²) in [5.41, 5.74) is 2.98.